The number of methoxy groups -OCH3 is 1. The highest BCUT2D eigenvalue weighted by Crippen LogP contribution is 2.30. The summed E-state index contributed by atoms with van der Waals surface area (Å²) in [5.41, 5.74) is -0.0868. The molecule has 0 radical (unpaired) electrons. The molecule has 14 heavy (non-hydrogen) atoms. The quantitative estimate of drug-likeness (QED) is 0.699. The highest BCUT2D eigenvalue weighted by molar-refractivity contribution is 6.32. The van der Waals surface area contributed by atoms with E-state index in [-0.39, 0.29) is 16.3 Å². The number of ether oxygens (including phenoxy) is 1. The Balaban J connectivity index is 0.000000791. The zero-order valence-corrected chi connectivity index (χ0v) is 9.38. The maximum absolute atomic E-state index is 13.1. The molecular weight excluding hydrogens is 210 g/mol. The molecule has 0 fully saturated rings. The molecule has 0 amide bonds. The molecule has 0 atom stereocenters. The van der Waals surface area contributed by atoms with Crippen LogP contribution in [0.5, 0.6) is 5.75 Å². The van der Waals surface area contributed by atoms with Crippen LogP contribution in [0.4, 0.5) is 8.78 Å². The summed E-state index contributed by atoms with van der Waals surface area (Å²) < 4.78 is 30.5. The molecular formula is C10H13ClF2O. The van der Waals surface area contributed by atoms with Crippen LogP contribution in [0.25, 0.3) is 0 Å². The van der Waals surface area contributed by atoms with Crippen LogP contribution in [0.3, 0.4) is 0 Å². The Bertz CT molecular complexity index is 313. The Morgan fingerprint density at radius 3 is 2.21 bits per heavy atom. The summed E-state index contributed by atoms with van der Waals surface area (Å²) in [6, 6.07) is 1.03. The van der Waals surface area contributed by atoms with Crippen molar-refractivity contribution in [3.8, 4) is 5.75 Å². The first-order valence-electron chi connectivity index (χ1n) is 4.26. The van der Waals surface area contributed by atoms with Crippen LogP contribution in [-0.2, 0) is 0 Å². The van der Waals surface area contributed by atoms with E-state index in [2.05, 4.69) is 4.74 Å². The fraction of sp³-hybridized carbons (Fsp3) is 0.400. The van der Waals surface area contributed by atoms with Crippen LogP contribution >= 0.6 is 11.6 Å². The lowest BCUT2D eigenvalue weighted by atomic mass is 10.2. The van der Waals surface area contributed by atoms with Crippen LogP contribution in [-0.4, -0.2) is 7.11 Å². The summed E-state index contributed by atoms with van der Waals surface area (Å²) in [6.45, 7) is 5.32. The average Bonchev–Trinajstić information content (AvgIpc) is 2.18. The predicted molar refractivity (Wildman–Crippen MR) is 54.0 cm³/mol. The van der Waals surface area contributed by atoms with Crippen molar-refractivity contribution in [1.82, 2.24) is 0 Å². The summed E-state index contributed by atoms with van der Waals surface area (Å²) in [6.07, 6.45) is 0. The van der Waals surface area contributed by atoms with Crippen LogP contribution in [0, 0.1) is 18.6 Å². The van der Waals surface area contributed by atoms with Crippen LogP contribution in [0.1, 0.15) is 19.4 Å². The largest absolute Gasteiger partial charge is 0.492 e. The predicted octanol–water partition coefficient (Wildman–Crippen LogP) is 3.96. The van der Waals surface area contributed by atoms with E-state index in [1.807, 2.05) is 13.8 Å². The van der Waals surface area contributed by atoms with Crippen molar-refractivity contribution in [1.29, 1.82) is 0 Å². The SMILES string of the molecule is CC.COc1c(Cl)cc(F)c(C)c1F. The van der Waals surface area contributed by atoms with Gasteiger partial charge in [-0.05, 0) is 13.0 Å². The molecule has 0 spiro atoms. The van der Waals surface area contributed by atoms with Crippen molar-refractivity contribution in [2.45, 2.75) is 20.8 Å². The van der Waals surface area contributed by atoms with Gasteiger partial charge in [0.1, 0.15) is 5.82 Å². The van der Waals surface area contributed by atoms with E-state index in [0.29, 0.717) is 0 Å². The monoisotopic (exact) mass is 222 g/mol. The van der Waals surface area contributed by atoms with Gasteiger partial charge in [-0.15, -0.1) is 0 Å². The van der Waals surface area contributed by atoms with Crippen molar-refractivity contribution in [3.63, 3.8) is 0 Å². The summed E-state index contributed by atoms with van der Waals surface area (Å²) in [7, 11) is 1.28. The lowest BCUT2D eigenvalue weighted by Crippen LogP contribution is -1.95. The highest BCUT2D eigenvalue weighted by Gasteiger charge is 2.14. The van der Waals surface area contributed by atoms with E-state index >= 15 is 0 Å². The Hall–Kier alpha value is -0.830. The highest BCUT2D eigenvalue weighted by atomic mass is 35.5. The molecule has 0 heterocycles. The van der Waals surface area contributed by atoms with Gasteiger partial charge in [0.25, 0.3) is 0 Å². The second-order valence-corrected chi connectivity index (χ2v) is 2.72. The van der Waals surface area contributed by atoms with E-state index in [9.17, 15) is 8.78 Å². The molecule has 0 aliphatic heterocycles. The molecule has 0 N–H and O–H groups in total. The Morgan fingerprint density at radius 1 is 1.29 bits per heavy atom. The first-order valence-corrected chi connectivity index (χ1v) is 4.63. The molecule has 0 bridgehead atoms. The molecule has 0 aliphatic rings. The average molecular weight is 223 g/mol. The van der Waals surface area contributed by atoms with Crippen molar-refractivity contribution in [3.05, 3.63) is 28.3 Å². The molecule has 0 aliphatic carbocycles. The van der Waals surface area contributed by atoms with Crippen molar-refractivity contribution in [2.24, 2.45) is 0 Å². The lowest BCUT2D eigenvalue weighted by Gasteiger charge is -2.06. The topological polar surface area (TPSA) is 9.23 Å². The molecule has 0 unspecified atom stereocenters. The van der Waals surface area contributed by atoms with Gasteiger partial charge in [-0.1, -0.05) is 25.4 Å². The van der Waals surface area contributed by atoms with E-state index in [4.69, 9.17) is 11.6 Å². The summed E-state index contributed by atoms with van der Waals surface area (Å²) in [4.78, 5) is 0. The minimum absolute atomic E-state index is 0.0573. The summed E-state index contributed by atoms with van der Waals surface area (Å²) >= 11 is 5.50. The van der Waals surface area contributed by atoms with Gasteiger partial charge < -0.3 is 4.74 Å². The number of hydrogen-bond donors (Lipinski definition) is 0. The first kappa shape index (κ1) is 13.2. The lowest BCUT2D eigenvalue weighted by molar-refractivity contribution is 0.382. The van der Waals surface area contributed by atoms with Gasteiger partial charge in [-0.2, -0.15) is 0 Å². The zero-order chi connectivity index (χ0) is 11.3. The standard InChI is InChI=1S/C8H7ClF2O.C2H6/c1-4-6(10)3-5(9)8(12-2)7(4)11;1-2/h3H,1-2H3;1-2H3. The van der Waals surface area contributed by atoms with Gasteiger partial charge in [0.05, 0.1) is 12.1 Å². The Labute approximate surface area is 87.6 Å². The summed E-state index contributed by atoms with van der Waals surface area (Å²) in [5.74, 6) is -1.53. The second kappa shape index (κ2) is 5.81. The summed E-state index contributed by atoms with van der Waals surface area (Å²) in [5, 5.41) is -0.0573. The van der Waals surface area contributed by atoms with Crippen molar-refractivity contribution >= 4 is 11.6 Å². The number of hydrogen-bond acceptors (Lipinski definition) is 1. The minimum Gasteiger partial charge on any atom is -0.492 e. The maximum atomic E-state index is 13.1. The zero-order valence-electron chi connectivity index (χ0n) is 8.62. The molecule has 0 aromatic heterocycles. The molecule has 4 heteroatoms. The van der Waals surface area contributed by atoms with Crippen molar-refractivity contribution in [2.75, 3.05) is 7.11 Å². The molecule has 80 valence electrons. The first-order chi connectivity index (χ1) is 6.57. The molecule has 1 nitrogen and oxygen atoms in total. The number of rotatable bonds is 1. The molecule has 1 aromatic carbocycles. The minimum atomic E-state index is -0.748. The van der Waals surface area contributed by atoms with Gasteiger partial charge >= 0.3 is 0 Å². The van der Waals surface area contributed by atoms with Gasteiger partial charge in [0.15, 0.2) is 11.6 Å². The smallest absolute Gasteiger partial charge is 0.173 e. The van der Waals surface area contributed by atoms with Gasteiger partial charge in [0.2, 0.25) is 0 Å². The normalized spacial score (nSPS) is 9.07. The van der Waals surface area contributed by atoms with Gasteiger partial charge in [-0.3, -0.25) is 0 Å². The molecule has 0 saturated carbocycles. The maximum Gasteiger partial charge on any atom is 0.173 e. The van der Waals surface area contributed by atoms with E-state index in [1.54, 1.807) is 0 Å². The van der Waals surface area contributed by atoms with Gasteiger partial charge in [0, 0.05) is 5.56 Å². The second-order valence-electron chi connectivity index (χ2n) is 2.31. The number of benzene rings is 1. The molecule has 0 saturated heterocycles. The number of halogens is 3. The fourth-order valence-corrected chi connectivity index (χ4v) is 1.11. The Kier molecular flexibility index (Phi) is 5.46. The fourth-order valence-electron chi connectivity index (χ4n) is 0.852. The molecule has 1 aromatic rings. The van der Waals surface area contributed by atoms with Crippen LogP contribution in [0.2, 0.25) is 5.02 Å². The van der Waals surface area contributed by atoms with Crippen molar-refractivity contribution < 1.29 is 13.5 Å². The third-order valence-corrected chi connectivity index (χ3v) is 1.84. The van der Waals surface area contributed by atoms with E-state index in [1.165, 1.54) is 14.0 Å². The third-order valence-electron chi connectivity index (χ3n) is 1.56. The Morgan fingerprint density at radius 2 is 1.79 bits per heavy atom. The van der Waals surface area contributed by atoms with E-state index < -0.39 is 11.6 Å². The third kappa shape index (κ3) is 2.58. The van der Waals surface area contributed by atoms with Crippen LogP contribution in [0.15, 0.2) is 6.07 Å². The van der Waals surface area contributed by atoms with Crippen LogP contribution < -0.4 is 4.74 Å². The van der Waals surface area contributed by atoms with E-state index in [0.717, 1.165) is 6.07 Å². The van der Waals surface area contributed by atoms with Gasteiger partial charge in [-0.25, -0.2) is 8.78 Å². The molecule has 1 rings (SSSR count).